The Morgan fingerprint density at radius 2 is 1.83 bits per heavy atom. The van der Waals surface area contributed by atoms with Crippen molar-refractivity contribution in [2.45, 2.75) is 39.7 Å². The summed E-state index contributed by atoms with van der Waals surface area (Å²) >= 11 is 0. The molecule has 1 saturated heterocycles. The van der Waals surface area contributed by atoms with Crippen molar-refractivity contribution in [2.75, 3.05) is 18.0 Å². The van der Waals surface area contributed by atoms with Gasteiger partial charge in [-0.15, -0.1) is 0 Å². The number of rotatable bonds is 3. The molecule has 3 rings (SSSR count). The molecule has 7 heteroatoms. The van der Waals surface area contributed by atoms with E-state index in [-0.39, 0.29) is 11.9 Å². The SMILES string of the molecule is Cc1cnc(C(=O)NC2CCN(c3cc(C)nc(C)n3)CC2)cn1. The van der Waals surface area contributed by atoms with Crippen LogP contribution < -0.4 is 10.2 Å². The Hall–Kier alpha value is -2.57. The molecule has 2 aromatic heterocycles. The lowest BCUT2D eigenvalue weighted by atomic mass is 10.0. The fourth-order valence-electron chi connectivity index (χ4n) is 2.88. The number of amides is 1. The molecule has 0 unspecified atom stereocenters. The van der Waals surface area contributed by atoms with Crippen LogP contribution in [0, 0.1) is 20.8 Å². The van der Waals surface area contributed by atoms with Crippen LogP contribution in [0.3, 0.4) is 0 Å². The number of nitrogens with zero attached hydrogens (tertiary/aromatic N) is 5. The molecule has 1 N–H and O–H groups in total. The minimum absolute atomic E-state index is 0.154. The van der Waals surface area contributed by atoms with Crippen LogP contribution in [0.1, 0.15) is 40.5 Å². The molecule has 0 radical (unpaired) electrons. The zero-order valence-electron chi connectivity index (χ0n) is 14.3. The fraction of sp³-hybridized carbons (Fsp3) is 0.471. The van der Waals surface area contributed by atoms with Crippen molar-refractivity contribution in [1.82, 2.24) is 25.3 Å². The van der Waals surface area contributed by atoms with Gasteiger partial charge in [-0.3, -0.25) is 9.78 Å². The van der Waals surface area contributed by atoms with Gasteiger partial charge in [0.2, 0.25) is 0 Å². The van der Waals surface area contributed by atoms with Gasteiger partial charge in [0.05, 0.1) is 11.9 Å². The second-order valence-electron chi connectivity index (χ2n) is 6.19. The molecule has 2 aromatic rings. The second-order valence-corrected chi connectivity index (χ2v) is 6.19. The van der Waals surface area contributed by atoms with Gasteiger partial charge in [0.25, 0.3) is 5.91 Å². The number of hydrogen-bond donors (Lipinski definition) is 1. The van der Waals surface area contributed by atoms with Crippen molar-refractivity contribution in [3.63, 3.8) is 0 Å². The van der Waals surface area contributed by atoms with Gasteiger partial charge in [-0.1, -0.05) is 0 Å². The smallest absolute Gasteiger partial charge is 0.271 e. The highest BCUT2D eigenvalue weighted by Gasteiger charge is 2.22. The number of anilines is 1. The van der Waals surface area contributed by atoms with Crippen LogP contribution in [0.4, 0.5) is 5.82 Å². The maximum atomic E-state index is 12.2. The molecule has 126 valence electrons. The number of hydrogen-bond acceptors (Lipinski definition) is 6. The molecule has 0 atom stereocenters. The predicted molar refractivity (Wildman–Crippen MR) is 91.0 cm³/mol. The van der Waals surface area contributed by atoms with Crippen LogP contribution in [0.15, 0.2) is 18.5 Å². The summed E-state index contributed by atoms with van der Waals surface area (Å²) in [5.74, 6) is 1.60. The molecular weight excluding hydrogens is 304 g/mol. The Morgan fingerprint density at radius 1 is 1.08 bits per heavy atom. The molecule has 0 spiro atoms. The van der Waals surface area contributed by atoms with Crippen LogP contribution in [-0.4, -0.2) is 45.0 Å². The molecule has 0 aromatic carbocycles. The standard InChI is InChI=1S/C17H22N6O/c1-11-8-16(21-13(3)20-11)23-6-4-14(5-7-23)22-17(24)15-10-18-12(2)9-19-15/h8-10,14H,4-7H2,1-3H3,(H,22,24). The first-order chi connectivity index (χ1) is 11.5. The van der Waals surface area contributed by atoms with E-state index in [4.69, 9.17) is 0 Å². The second kappa shape index (κ2) is 6.90. The van der Waals surface area contributed by atoms with Gasteiger partial charge in [0.1, 0.15) is 17.3 Å². The highest BCUT2D eigenvalue weighted by molar-refractivity contribution is 5.92. The number of nitrogens with one attached hydrogen (secondary N) is 1. The van der Waals surface area contributed by atoms with E-state index < -0.39 is 0 Å². The highest BCUT2D eigenvalue weighted by Crippen LogP contribution is 2.19. The number of carbonyl (C=O) groups is 1. The fourth-order valence-corrected chi connectivity index (χ4v) is 2.88. The summed E-state index contributed by atoms with van der Waals surface area (Å²) < 4.78 is 0. The quantitative estimate of drug-likeness (QED) is 0.922. The van der Waals surface area contributed by atoms with Crippen molar-refractivity contribution in [2.24, 2.45) is 0 Å². The molecule has 1 fully saturated rings. The third kappa shape index (κ3) is 3.84. The van der Waals surface area contributed by atoms with Crippen molar-refractivity contribution >= 4 is 11.7 Å². The molecule has 0 aliphatic carbocycles. The van der Waals surface area contributed by atoms with Gasteiger partial charge in [0, 0.05) is 37.1 Å². The Balaban J connectivity index is 1.57. The van der Waals surface area contributed by atoms with Crippen molar-refractivity contribution < 1.29 is 4.79 Å². The lowest BCUT2D eigenvalue weighted by Crippen LogP contribution is -2.45. The first-order valence-electron chi connectivity index (χ1n) is 8.18. The Bertz CT molecular complexity index is 702. The summed E-state index contributed by atoms with van der Waals surface area (Å²) in [5.41, 5.74) is 2.14. The van der Waals surface area contributed by atoms with E-state index in [1.165, 1.54) is 6.20 Å². The molecule has 3 heterocycles. The predicted octanol–water partition coefficient (Wildman–Crippen LogP) is 1.59. The molecule has 7 nitrogen and oxygen atoms in total. The third-order valence-electron chi connectivity index (χ3n) is 4.12. The lowest BCUT2D eigenvalue weighted by Gasteiger charge is -2.33. The van der Waals surface area contributed by atoms with Crippen LogP contribution in [0.2, 0.25) is 0 Å². The maximum Gasteiger partial charge on any atom is 0.271 e. The minimum atomic E-state index is -0.158. The van der Waals surface area contributed by atoms with Crippen molar-refractivity contribution in [1.29, 1.82) is 0 Å². The van der Waals surface area contributed by atoms with E-state index >= 15 is 0 Å². The Kier molecular flexibility index (Phi) is 4.69. The molecule has 0 saturated carbocycles. The summed E-state index contributed by atoms with van der Waals surface area (Å²) in [5, 5.41) is 3.05. The van der Waals surface area contributed by atoms with Gasteiger partial charge in [-0.25, -0.2) is 15.0 Å². The van der Waals surface area contributed by atoms with Crippen molar-refractivity contribution in [3.05, 3.63) is 41.4 Å². The van der Waals surface area contributed by atoms with E-state index in [0.29, 0.717) is 5.69 Å². The van der Waals surface area contributed by atoms with E-state index in [1.807, 2.05) is 26.8 Å². The normalized spacial score (nSPS) is 15.4. The van der Waals surface area contributed by atoms with Gasteiger partial charge in [-0.2, -0.15) is 0 Å². The average Bonchev–Trinajstić information content (AvgIpc) is 2.55. The average molecular weight is 326 g/mol. The van der Waals surface area contributed by atoms with E-state index in [1.54, 1.807) is 6.20 Å². The molecular formula is C17H22N6O. The first kappa shape index (κ1) is 16.3. The van der Waals surface area contributed by atoms with Crippen LogP contribution >= 0.6 is 0 Å². The summed E-state index contributed by atoms with van der Waals surface area (Å²) in [4.78, 5) is 31.5. The molecule has 1 aliphatic heterocycles. The van der Waals surface area contributed by atoms with E-state index in [9.17, 15) is 4.79 Å². The van der Waals surface area contributed by atoms with Crippen LogP contribution in [-0.2, 0) is 0 Å². The van der Waals surface area contributed by atoms with Gasteiger partial charge in [-0.05, 0) is 33.6 Å². The topological polar surface area (TPSA) is 83.9 Å². The Labute approximate surface area is 141 Å². The zero-order valence-corrected chi connectivity index (χ0v) is 14.3. The number of aromatic nitrogens is 4. The Morgan fingerprint density at radius 3 is 2.46 bits per heavy atom. The third-order valence-corrected chi connectivity index (χ3v) is 4.12. The molecule has 24 heavy (non-hydrogen) atoms. The summed E-state index contributed by atoms with van der Waals surface area (Å²) in [6.07, 6.45) is 4.89. The molecule has 0 bridgehead atoms. The highest BCUT2D eigenvalue weighted by atomic mass is 16.1. The summed E-state index contributed by atoms with van der Waals surface area (Å²) in [6, 6.07) is 2.16. The van der Waals surface area contributed by atoms with Gasteiger partial charge in [0.15, 0.2) is 0 Å². The number of aryl methyl sites for hydroxylation is 3. The van der Waals surface area contributed by atoms with Crippen molar-refractivity contribution in [3.8, 4) is 0 Å². The minimum Gasteiger partial charge on any atom is -0.356 e. The van der Waals surface area contributed by atoms with Crippen LogP contribution in [0.25, 0.3) is 0 Å². The molecule has 1 amide bonds. The first-order valence-corrected chi connectivity index (χ1v) is 8.18. The summed E-state index contributed by atoms with van der Waals surface area (Å²) in [7, 11) is 0. The maximum absolute atomic E-state index is 12.2. The number of piperidine rings is 1. The van der Waals surface area contributed by atoms with Gasteiger partial charge >= 0.3 is 0 Å². The van der Waals surface area contributed by atoms with E-state index in [0.717, 1.165) is 49.0 Å². The largest absolute Gasteiger partial charge is 0.356 e. The van der Waals surface area contributed by atoms with E-state index in [2.05, 4.69) is 30.2 Å². The van der Waals surface area contributed by atoms with Crippen LogP contribution in [0.5, 0.6) is 0 Å². The lowest BCUT2D eigenvalue weighted by molar-refractivity contribution is 0.0925. The monoisotopic (exact) mass is 326 g/mol. The summed E-state index contributed by atoms with van der Waals surface area (Å²) in [6.45, 7) is 7.46. The van der Waals surface area contributed by atoms with Gasteiger partial charge < -0.3 is 10.2 Å². The number of carbonyl (C=O) groups excluding carboxylic acids is 1. The molecule has 1 aliphatic rings. The zero-order chi connectivity index (χ0) is 17.1.